The summed E-state index contributed by atoms with van der Waals surface area (Å²) in [6.07, 6.45) is 2.81. The molecule has 150 valence electrons. The third-order valence-electron chi connectivity index (χ3n) is 4.94. The summed E-state index contributed by atoms with van der Waals surface area (Å²) in [5.74, 6) is 1.24. The van der Waals surface area contributed by atoms with Gasteiger partial charge in [0.2, 0.25) is 5.78 Å². The second-order valence-corrected chi connectivity index (χ2v) is 7.91. The Hall–Kier alpha value is -3.39. The molecule has 0 saturated carbocycles. The van der Waals surface area contributed by atoms with E-state index in [1.165, 1.54) is 0 Å². The molecule has 0 fully saturated rings. The fraction of sp³-hybridized carbons (Fsp3) is 0.182. The van der Waals surface area contributed by atoms with Gasteiger partial charge in [-0.25, -0.2) is 4.68 Å². The van der Waals surface area contributed by atoms with Gasteiger partial charge in [0.25, 0.3) is 5.56 Å². The molecule has 0 aliphatic rings. The van der Waals surface area contributed by atoms with Crippen LogP contribution in [-0.2, 0) is 12.3 Å². The van der Waals surface area contributed by atoms with Crippen molar-refractivity contribution >= 4 is 28.4 Å². The first-order chi connectivity index (χ1) is 14.8. The second kappa shape index (κ2) is 7.79. The van der Waals surface area contributed by atoms with Crippen LogP contribution in [0, 0.1) is 0 Å². The number of aryl methyl sites for hydroxylation is 1. The Morgan fingerprint density at radius 3 is 2.60 bits per heavy atom. The van der Waals surface area contributed by atoms with Gasteiger partial charge in [-0.1, -0.05) is 49.0 Å². The quantitative estimate of drug-likeness (QED) is 0.392. The van der Waals surface area contributed by atoms with Crippen molar-refractivity contribution < 1.29 is 0 Å². The lowest BCUT2D eigenvalue weighted by molar-refractivity contribution is 0.662. The molecule has 0 unspecified atom stereocenters. The number of fused-ring (bicyclic) bond motifs is 3. The average molecular weight is 417 g/mol. The lowest BCUT2D eigenvalue weighted by Crippen LogP contribution is -2.23. The van der Waals surface area contributed by atoms with Crippen molar-refractivity contribution in [3.05, 3.63) is 82.9 Å². The van der Waals surface area contributed by atoms with E-state index in [4.69, 9.17) is 0 Å². The number of aromatic nitrogens is 6. The van der Waals surface area contributed by atoms with Gasteiger partial charge >= 0.3 is 0 Å². The van der Waals surface area contributed by atoms with Gasteiger partial charge in [0.05, 0.1) is 22.3 Å². The number of benzene rings is 2. The number of hydrogen-bond donors (Lipinski definition) is 0. The zero-order chi connectivity index (χ0) is 20.5. The van der Waals surface area contributed by atoms with E-state index >= 15 is 0 Å². The highest BCUT2D eigenvalue weighted by Crippen LogP contribution is 2.24. The van der Waals surface area contributed by atoms with E-state index in [-0.39, 0.29) is 5.56 Å². The first-order valence-corrected chi connectivity index (χ1v) is 10.8. The second-order valence-electron chi connectivity index (χ2n) is 6.97. The topological polar surface area (TPSA) is 70.0 Å². The highest BCUT2D eigenvalue weighted by atomic mass is 32.2. The molecule has 2 aromatic carbocycles. The molecule has 8 heteroatoms. The van der Waals surface area contributed by atoms with E-state index in [1.807, 2.05) is 82.9 Å². The summed E-state index contributed by atoms with van der Waals surface area (Å²) >= 11 is 1.56. The average Bonchev–Trinajstić information content (AvgIpc) is 3.43. The van der Waals surface area contributed by atoms with Crippen molar-refractivity contribution in [1.29, 1.82) is 0 Å². The van der Waals surface area contributed by atoms with Gasteiger partial charge in [0, 0.05) is 18.5 Å². The summed E-state index contributed by atoms with van der Waals surface area (Å²) in [6, 6.07) is 19.7. The molecule has 5 aromatic rings. The van der Waals surface area contributed by atoms with E-state index in [1.54, 1.807) is 16.3 Å². The third kappa shape index (κ3) is 3.19. The summed E-state index contributed by atoms with van der Waals surface area (Å²) in [7, 11) is 0. The van der Waals surface area contributed by atoms with Gasteiger partial charge in [-0.2, -0.15) is 5.10 Å². The Morgan fingerprint density at radius 1 is 0.967 bits per heavy atom. The molecule has 0 saturated heterocycles. The van der Waals surface area contributed by atoms with E-state index in [9.17, 15) is 4.79 Å². The Balaban J connectivity index is 1.51. The van der Waals surface area contributed by atoms with E-state index in [2.05, 4.69) is 15.3 Å². The molecule has 3 aromatic heterocycles. The SMILES string of the molecule is CCCn1c(=O)c2ccccc2n2c(SCc3ccn(-c4ccccc4)n3)nnc12. The van der Waals surface area contributed by atoms with Crippen molar-refractivity contribution in [2.24, 2.45) is 0 Å². The fourth-order valence-electron chi connectivity index (χ4n) is 3.55. The number of rotatable bonds is 6. The fourth-order valence-corrected chi connectivity index (χ4v) is 4.39. The molecule has 0 N–H and O–H groups in total. The van der Waals surface area contributed by atoms with Crippen LogP contribution in [0.25, 0.3) is 22.4 Å². The van der Waals surface area contributed by atoms with Crippen LogP contribution in [0.2, 0.25) is 0 Å². The lowest BCUT2D eigenvalue weighted by atomic mass is 10.2. The third-order valence-corrected chi connectivity index (χ3v) is 5.90. The number of hydrogen-bond acceptors (Lipinski definition) is 5. The summed E-state index contributed by atoms with van der Waals surface area (Å²) in [6.45, 7) is 2.66. The van der Waals surface area contributed by atoms with Crippen LogP contribution >= 0.6 is 11.8 Å². The first kappa shape index (κ1) is 18.6. The van der Waals surface area contributed by atoms with Crippen LogP contribution in [0.15, 0.2) is 76.8 Å². The van der Waals surface area contributed by atoms with Crippen LogP contribution in [-0.4, -0.2) is 28.9 Å². The van der Waals surface area contributed by atoms with Gasteiger partial charge < -0.3 is 0 Å². The molecule has 7 nitrogen and oxygen atoms in total. The molecule has 0 atom stereocenters. The molecule has 0 aliphatic carbocycles. The Kier molecular flexibility index (Phi) is 4.84. The van der Waals surface area contributed by atoms with Crippen molar-refractivity contribution in [2.45, 2.75) is 30.8 Å². The maximum Gasteiger partial charge on any atom is 0.262 e. The largest absolute Gasteiger partial charge is 0.276 e. The minimum absolute atomic E-state index is 0.0227. The standard InChI is InChI=1S/C22H20N6OS/c1-2-13-26-20(29)18-10-6-7-11-19(18)28-21(26)23-24-22(28)30-15-16-12-14-27(25-16)17-8-4-3-5-9-17/h3-12,14H,2,13,15H2,1H3. The maximum absolute atomic E-state index is 12.9. The minimum Gasteiger partial charge on any atom is -0.276 e. The number of para-hydroxylation sites is 2. The van der Waals surface area contributed by atoms with Crippen molar-refractivity contribution in [3.8, 4) is 5.69 Å². The lowest BCUT2D eigenvalue weighted by Gasteiger charge is -2.10. The zero-order valence-electron chi connectivity index (χ0n) is 16.5. The molecule has 0 radical (unpaired) electrons. The van der Waals surface area contributed by atoms with Gasteiger partial charge in [0.15, 0.2) is 5.16 Å². The predicted octanol–water partition coefficient (Wildman–Crippen LogP) is 3.93. The van der Waals surface area contributed by atoms with Crippen LogP contribution in [0.3, 0.4) is 0 Å². The minimum atomic E-state index is -0.0227. The van der Waals surface area contributed by atoms with Crippen LogP contribution < -0.4 is 5.56 Å². The molecule has 5 rings (SSSR count). The highest BCUT2D eigenvalue weighted by Gasteiger charge is 2.16. The maximum atomic E-state index is 12.9. The van der Waals surface area contributed by atoms with Crippen LogP contribution in [0.4, 0.5) is 0 Å². The number of nitrogens with zero attached hydrogens (tertiary/aromatic N) is 6. The van der Waals surface area contributed by atoms with Crippen molar-refractivity contribution in [3.63, 3.8) is 0 Å². The summed E-state index contributed by atoms with van der Waals surface area (Å²) in [5, 5.41) is 14.8. The molecule has 0 spiro atoms. The summed E-state index contributed by atoms with van der Waals surface area (Å²) in [5.41, 5.74) is 2.78. The van der Waals surface area contributed by atoms with Crippen LogP contribution in [0.1, 0.15) is 19.0 Å². The molecular weight excluding hydrogens is 396 g/mol. The van der Waals surface area contributed by atoms with Gasteiger partial charge in [-0.3, -0.25) is 13.8 Å². The molecule has 3 heterocycles. The monoisotopic (exact) mass is 416 g/mol. The predicted molar refractivity (Wildman–Crippen MR) is 118 cm³/mol. The van der Waals surface area contributed by atoms with Gasteiger partial charge in [-0.15, -0.1) is 10.2 Å². The molecule has 0 amide bonds. The van der Waals surface area contributed by atoms with Gasteiger partial charge in [0.1, 0.15) is 0 Å². The van der Waals surface area contributed by atoms with Gasteiger partial charge in [-0.05, 0) is 36.8 Å². The normalized spacial score (nSPS) is 11.5. The first-order valence-electron chi connectivity index (χ1n) is 9.85. The molecule has 30 heavy (non-hydrogen) atoms. The molecular formula is C22H20N6OS. The summed E-state index contributed by atoms with van der Waals surface area (Å²) in [4.78, 5) is 12.9. The number of thioether (sulfide) groups is 1. The van der Waals surface area contributed by atoms with E-state index < -0.39 is 0 Å². The van der Waals surface area contributed by atoms with E-state index in [0.29, 0.717) is 23.5 Å². The van der Waals surface area contributed by atoms with Crippen molar-refractivity contribution in [2.75, 3.05) is 0 Å². The zero-order valence-corrected chi connectivity index (χ0v) is 17.3. The smallest absolute Gasteiger partial charge is 0.262 e. The molecule has 0 aliphatic heterocycles. The Morgan fingerprint density at radius 2 is 1.77 bits per heavy atom. The highest BCUT2D eigenvalue weighted by molar-refractivity contribution is 7.98. The van der Waals surface area contributed by atoms with Crippen LogP contribution in [0.5, 0.6) is 0 Å². The molecule has 0 bridgehead atoms. The Labute approximate surface area is 177 Å². The van der Waals surface area contributed by atoms with Crippen molar-refractivity contribution in [1.82, 2.24) is 28.9 Å². The summed E-state index contributed by atoms with van der Waals surface area (Å²) < 4.78 is 5.56. The Bertz CT molecular complexity index is 1390. The van der Waals surface area contributed by atoms with E-state index in [0.717, 1.165) is 28.5 Å².